The zero-order chi connectivity index (χ0) is 16.1. The molecular weight excluding hydrogens is 311 g/mol. The summed E-state index contributed by atoms with van der Waals surface area (Å²) >= 11 is 5.47. The van der Waals surface area contributed by atoms with E-state index in [0.717, 1.165) is 42.5 Å². The van der Waals surface area contributed by atoms with Crippen molar-refractivity contribution in [1.29, 1.82) is 0 Å². The van der Waals surface area contributed by atoms with Crippen LogP contribution in [0.2, 0.25) is 0 Å². The Morgan fingerprint density at radius 3 is 2.52 bits per heavy atom. The molecule has 2 heterocycles. The van der Waals surface area contributed by atoms with E-state index in [-0.39, 0.29) is 5.82 Å². The number of halogens is 1. The quantitative estimate of drug-likeness (QED) is 0.874. The molecule has 1 aromatic heterocycles. The summed E-state index contributed by atoms with van der Waals surface area (Å²) in [6, 6.07) is 10.6. The lowest BCUT2D eigenvalue weighted by atomic mass is 10.2. The number of hydrogen-bond acceptors (Lipinski definition) is 3. The molecule has 1 aromatic carbocycles. The summed E-state index contributed by atoms with van der Waals surface area (Å²) in [5.41, 5.74) is 2.17. The highest BCUT2D eigenvalue weighted by molar-refractivity contribution is 7.80. The SMILES string of the molecule is Fc1ccc(N2CCN(C(=S)NCc3cccnc3)CC2)cc1. The topological polar surface area (TPSA) is 31.4 Å². The van der Waals surface area contributed by atoms with E-state index in [1.807, 2.05) is 30.5 Å². The lowest BCUT2D eigenvalue weighted by Crippen LogP contribution is -2.51. The number of benzene rings is 1. The van der Waals surface area contributed by atoms with Crippen LogP contribution in [0.5, 0.6) is 0 Å². The number of hydrogen-bond donors (Lipinski definition) is 1. The molecule has 1 N–H and O–H groups in total. The molecule has 0 bridgehead atoms. The fourth-order valence-corrected chi connectivity index (χ4v) is 2.87. The monoisotopic (exact) mass is 330 g/mol. The van der Waals surface area contributed by atoms with Gasteiger partial charge in [-0.15, -0.1) is 0 Å². The molecule has 1 fully saturated rings. The highest BCUT2D eigenvalue weighted by Gasteiger charge is 2.19. The Morgan fingerprint density at radius 2 is 1.87 bits per heavy atom. The van der Waals surface area contributed by atoms with Crippen LogP contribution in [-0.2, 0) is 6.54 Å². The fraction of sp³-hybridized carbons (Fsp3) is 0.294. The van der Waals surface area contributed by atoms with Crippen molar-refractivity contribution in [1.82, 2.24) is 15.2 Å². The van der Waals surface area contributed by atoms with Gasteiger partial charge in [0, 0.05) is 50.8 Å². The summed E-state index contributed by atoms with van der Waals surface area (Å²) in [6.07, 6.45) is 3.60. The smallest absolute Gasteiger partial charge is 0.169 e. The molecule has 1 saturated heterocycles. The summed E-state index contributed by atoms with van der Waals surface area (Å²) in [4.78, 5) is 8.52. The Labute approximate surface area is 140 Å². The van der Waals surface area contributed by atoms with Crippen LogP contribution in [0.15, 0.2) is 48.8 Å². The molecule has 23 heavy (non-hydrogen) atoms. The second kappa shape index (κ2) is 7.37. The minimum absolute atomic E-state index is 0.201. The summed E-state index contributed by atoms with van der Waals surface area (Å²) in [6.45, 7) is 4.15. The molecule has 0 aliphatic carbocycles. The van der Waals surface area contributed by atoms with Gasteiger partial charge in [-0.3, -0.25) is 4.98 Å². The summed E-state index contributed by atoms with van der Waals surface area (Å²) in [7, 11) is 0. The van der Waals surface area contributed by atoms with Gasteiger partial charge < -0.3 is 15.1 Å². The molecule has 0 unspecified atom stereocenters. The maximum absolute atomic E-state index is 13.0. The molecule has 0 saturated carbocycles. The Balaban J connectivity index is 1.48. The molecular formula is C17H19FN4S. The standard InChI is InChI=1S/C17H19FN4S/c18-15-3-5-16(6-4-15)21-8-10-22(11-9-21)17(23)20-13-14-2-1-7-19-12-14/h1-7,12H,8-11,13H2,(H,20,23). The molecule has 0 atom stereocenters. The lowest BCUT2D eigenvalue weighted by Gasteiger charge is -2.37. The highest BCUT2D eigenvalue weighted by Crippen LogP contribution is 2.17. The van der Waals surface area contributed by atoms with Crippen molar-refractivity contribution in [2.75, 3.05) is 31.1 Å². The van der Waals surface area contributed by atoms with Crippen LogP contribution in [0.4, 0.5) is 10.1 Å². The second-order valence-corrected chi connectivity index (χ2v) is 5.86. The summed E-state index contributed by atoms with van der Waals surface area (Å²) in [5.74, 6) is -0.201. The van der Waals surface area contributed by atoms with E-state index in [1.165, 1.54) is 12.1 Å². The first-order valence-corrected chi connectivity index (χ1v) is 8.05. The summed E-state index contributed by atoms with van der Waals surface area (Å²) in [5, 5.41) is 4.05. The van der Waals surface area contributed by atoms with Gasteiger partial charge in [-0.25, -0.2) is 4.39 Å². The molecule has 2 aromatic rings. The molecule has 6 heteroatoms. The van der Waals surface area contributed by atoms with Crippen molar-refractivity contribution >= 4 is 23.0 Å². The third-order valence-electron chi connectivity index (χ3n) is 3.93. The molecule has 0 radical (unpaired) electrons. The molecule has 1 aliphatic rings. The molecule has 0 amide bonds. The molecule has 0 spiro atoms. The second-order valence-electron chi connectivity index (χ2n) is 5.47. The maximum atomic E-state index is 13.0. The average Bonchev–Trinajstić information content (AvgIpc) is 2.61. The number of thiocarbonyl (C=S) groups is 1. The number of nitrogens with zero attached hydrogens (tertiary/aromatic N) is 3. The van der Waals surface area contributed by atoms with Gasteiger partial charge in [-0.1, -0.05) is 6.07 Å². The van der Waals surface area contributed by atoms with Crippen molar-refractivity contribution in [3.8, 4) is 0 Å². The fourth-order valence-electron chi connectivity index (χ4n) is 2.61. The van der Waals surface area contributed by atoms with Crippen molar-refractivity contribution in [2.24, 2.45) is 0 Å². The first kappa shape index (κ1) is 15.7. The van der Waals surface area contributed by atoms with Gasteiger partial charge in [0.05, 0.1) is 0 Å². The minimum Gasteiger partial charge on any atom is -0.368 e. The van der Waals surface area contributed by atoms with Crippen molar-refractivity contribution in [3.05, 3.63) is 60.2 Å². The van der Waals surface area contributed by atoms with Gasteiger partial charge in [-0.05, 0) is 48.1 Å². The van der Waals surface area contributed by atoms with E-state index in [1.54, 1.807) is 6.20 Å². The van der Waals surface area contributed by atoms with Crippen LogP contribution in [0.3, 0.4) is 0 Å². The molecule has 1 aliphatic heterocycles. The third-order valence-corrected chi connectivity index (χ3v) is 4.33. The van der Waals surface area contributed by atoms with Gasteiger partial charge in [0.2, 0.25) is 0 Å². The zero-order valence-electron chi connectivity index (χ0n) is 12.8. The van der Waals surface area contributed by atoms with Crippen molar-refractivity contribution in [2.45, 2.75) is 6.54 Å². The van der Waals surface area contributed by atoms with E-state index < -0.39 is 0 Å². The van der Waals surface area contributed by atoms with Crippen LogP contribution in [0, 0.1) is 5.82 Å². The Morgan fingerprint density at radius 1 is 1.13 bits per heavy atom. The number of piperazine rings is 1. The maximum Gasteiger partial charge on any atom is 0.169 e. The van der Waals surface area contributed by atoms with Crippen LogP contribution in [0.25, 0.3) is 0 Å². The van der Waals surface area contributed by atoms with Gasteiger partial charge in [-0.2, -0.15) is 0 Å². The van der Waals surface area contributed by atoms with E-state index >= 15 is 0 Å². The normalized spacial score (nSPS) is 14.7. The van der Waals surface area contributed by atoms with Crippen molar-refractivity contribution < 1.29 is 4.39 Å². The minimum atomic E-state index is -0.201. The van der Waals surface area contributed by atoms with Crippen LogP contribution >= 0.6 is 12.2 Å². The number of aromatic nitrogens is 1. The molecule has 4 nitrogen and oxygen atoms in total. The van der Waals surface area contributed by atoms with E-state index in [2.05, 4.69) is 20.1 Å². The largest absolute Gasteiger partial charge is 0.368 e. The molecule has 120 valence electrons. The van der Waals surface area contributed by atoms with E-state index in [9.17, 15) is 4.39 Å². The highest BCUT2D eigenvalue weighted by atomic mass is 32.1. The Bertz CT molecular complexity index is 639. The Hall–Kier alpha value is -2.21. The van der Waals surface area contributed by atoms with Gasteiger partial charge in [0.15, 0.2) is 5.11 Å². The van der Waals surface area contributed by atoms with Gasteiger partial charge >= 0.3 is 0 Å². The first-order valence-electron chi connectivity index (χ1n) is 7.64. The van der Waals surface area contributed by atoms with E-state index in [0.29, 0.717) is 6.54 Å². The number of anilines is 1. The van der Waals surface area contributed by atoms with Gasteiger partial charge in [0.25, 0.3) is 0 Å². The third kappa shape index (κ3) is 4.16. The van der Waals surface area contributed by atoms with Crippen LogP contribution in [-0.4, -0.2) is 41.2 Å². The lowest BCUT2D eigenvalue weighted by molar-refractivity contribution is 0.380. The van der Waals surface area contributed by atoms with E-state index in [4.69, 9.17) is 12.2 Å². The summed E-state index contributed by atoms with van der Waals surface area (Å²) < 4.78 is 13.0. The first-order chi connectivity index (χ1) is 11.2. The Kier molecular flexibility index (Phi) is 5.02. The predicted octanol–water partition coefficient (Wildman–Crippen LogP) is 2.42. The van der Waals surface area contributed by atoms with Crippen LogP contribution < -0.4 is 10.2 Å². The number of rotatable bonds is 3. The molecule has 3 rings (SSSR count). The predicted molar refractivity (Wildman–Crippen MR) is 93.9 cm³/mol. The van der Waals surface area contributed by atoms with Crippen LogP contribution in [0.1, 0.15) is 5.56 Å². The number of pyridine rings is 1. The van der Waals surface area contributed by atoms with Gasteiger partial charge in [0.1, 0.15) is 5.82 Å². The average molecular weight is 330 g/mol. The zero-order valence-corrected chi connectivity index (χ0v) is 13.6. The van der Waals surface area contributed by atoms with Crippen molar-refractivity contribution in [3.63, 3.8) is 0 Å². The number of nitrogens with one attached hydrogen (secondary N) is 1.